The van der Waals surface area contributed by atoms with Gasteiger partial charge in [0.2, 0.25) is 0 Å². The number of aromatic nitrogens is 1. The van der Waals surface area contributed by atoms with Gasteiger partial charge in [-0.05, 0) is 60.7 Å². The molecule has 1 aromatic carbocycles. The number of thiocarbonyl (C=S) groups is 1. The van der Waals surface area contributed by atoms with Gasteiger partial charge in [-0.2, -0.15) is 0 Å². The van der Waals surface area contributed by atoms with Crippen molar-refractivity contribution in [2.75, 3.05) is 23.9 Å². The van der Waals surface area contributed by atoms with Gasteiger partial charge in [-0.25, -0.2) is 0 Å². The fourth-order valence-corrected chi connectivity index (χ4v) is 3.64. The van der Waals surface area contributed by atoms with Crippen molar-refractivity contribution in [1.29, 1.82) is 0 Å². The fourth-order valence-electron chi connectivity index (χ4n) is 3.29. The maximum atomic E-state index is 5.75. The molecule has 2 unspecified atom stereocenters. The van der Waals surface area contributed by atoms with E-state index >= 15 is 0 Å². The van der Waals surface area contributed by atoms with Crippen molar-refractivity contribution in [2.45, 2.75) is 12.1 Å². The second kappa shape index (κ2) is 6.80. The van der Waals surface area contributed by atoms with Crippen LogP contribution in [0.3, 0.4) is 0 Å². The van der Waals surface area contributed by atoms with Crippen LogP contribution in [0.15, 0.2) is 71.5 Å². The van der Waals surface area contributed by atoms with Crippen LogP contribution >= 0.6 is 12.2 Å². The Balaban J connectivity index is 1.76. The highest BCUT2D eigenvalue weighted by molar-refractivity contribution is 7.80. The largest absolute Gasteiger partial charge is 0.467 e. The monoisotopic (exact) mass is 364 g/mol. The van der Waals surface area contributed by atoms with E-state index in [0.717, 1.165) is 22.8 Å². The number of benzene rings is 1. The second-order valence-electron chi connectivity index (χ2n) is 6.42. The third kappa shape index (κ3) is 2.93. The van der Waals surface area contributed by atoms with Crippen LogP contribution in [0.4, 0.5) is 11.4 Å². The summed E-state index contributed by atoms with van der Waals surface area (Å²) in [6, 6.07) is 18.0. The summed E-state index contributed by atoms with van der Waals surface area (Å²) in [7, 11) is 4.06. The highest BCUT2D eigenvalue weighted by Gasteiger charge is 2.42. The van der Waals surface area contributed by atoms with Crippen molar-refractivity contribution in [3.05, 3.63) is 78.5 Å². The van der Waals surface area contributed by atoms with Gasteiger partial charge in [0, 0.05) is 31.7 Å². The van der Waals surface area contributed by atoms with Gasteiger partial charge in [-0.3, -0.25) is 4.98 Å². The van der Waals surface area contributed by atoms with Crippen molar-refractivity contribution < 1.29 is 4.42 Å². The van der Waals surface area contributed by atoms with E-state index in [9.17, 15) is 0 Å². The van der Waals surface area contributed by atoms with E-state index in [0.29, 0.717) is 5.11 Å². The summed E-state index contributed by atoms with van der Waals surface area (Å²) in [6.45, 7) is 0. The number of nitrogens with zero attached hydrogens (tertiary/aromatic N) is 3. The third-order valence-electron chi connectivity index (χ3n) is 4.58. The smallest absolute Gasteiger partial charge is 0.174 e. The van der Waals surface area contributed by atoms with Gasteiger partial charge in [-0.1, -0.05) is 6.07 Å². The van der Waals surface area contributed by atoms with Crippen LogP contribution in [0.5, 0.6) is 0 Å². The zero-order valence-corrected chi connectivity index (χ0v) is 15.5. The summed E-state index contributed by atoms with van der Waals surface area (Å²) in [4.78, 5) is 8.70. The molecule has 0 bridgehead atoms. The molecule has 0 aliphatic carbocycles. The lowest BCUT2D eigenvalue weighted by atomic mass is 10.0. The average Bonchev–Trinajstić information content (AvgIpc) is 3.30. The van der Waals surface area contributed by atoms with Gasteiger partial charge in [0.05, 0.1) is 18.0 Å². The first-order valence-electron chi connectivity index (χ1n) is 8.46. The van der Waals surface area contributed by atoms with Crippen molar-refractivity contribution in [2.24, 2.45) is 0 Å². The lowest BCUT2D eigenvalue weighted by Crippen LogP contribution is -2.29. The summed E-state index contributed by atoms with van der Waals surface area (Å²) in [5, 5.41) is 4.09. The topological polar surface area (TPSA) is 44.5 Å². The highest BCUT2D eigenvalue weighted by Crippen LogP contribution is 2.41. The lowest BCUT2D eigenvalue weighted by molar-refractivity contribution is 0.432. The Morgan fingerprint density at radius 1 is 1.08 bits per heavy atom. The maximum Gasteiger partial charge on any atom is 0.174 e. The minimum atomic E-state index is -0.0994. The number of anilines is 2. The number of hydrogen-bond donors (Lipinski definition) is 1. The zero-order chi connectivity index (χ0) is 18.1. The van der Waals surface area contributed by atoms with Crippen molar-refractivity contribution >= 4 is 28.7 Å². The lowest BCUT2D eigenvalue weighted by Gasteiger charge is -2.26. The normalized spacial score (nSPS) is 19.5. The first-order valence-corrected chi connectivity index (χ1v) is 8.87. The summed E-state index contributed by atoms with van der Waals surface area (Å²) in [5.41, 5.74) is 3.10. The second-order valence-corrected chi connectivity index (χ2v) is 6.81. The molecule has 6 heteroatoms. The molecule has 1 N–H and O–H groups in total. The molecule has 0 amide bonds. The molecule has 4 rings (SSSR count). The Kier molecular flexibility index (Phi) is 4.34. The summed E-state index contributed by atoms with van der Waals surface area (Å²) in [6.07, 6.45) is 3.49. The van der Waals surface area contributed by atoms with E-state index in [-0.39, 0.29) is 12.1 Å². The van der Waals surface area contributed by atoms with Gasteiger partial charge < -0.3 is 19.5 Å². The van der Waals surface area contributed by atoms with E-state index < -0.39 is 0 Å². The minimum absolute atomic E-state index is 0.0802. The van der Waals surface area contributed by atoms with Crippen LogP contribution in [0.25, 0.3) is 0 Å². The number of pyridine rings is 1. The van der Waals surface area contributed by atoms with E-state index in [1.807, 2.05) is 44.4 Å². The van der Waals surface area contributed by atoms with Crippen LogP contribution in [0.1, 0.15) is 23.5 Å². The minimum Gasteiger partial charge on any atom is -0.467 e. The van der Waals surface area contributed by atoms with Gasteiger partial charge >= 0.3 is 0 Å². The van der Waals surface area contributed by atoms with Crippen LogP contribution in [-0.2, 0) is 0 Å². The van der Waals surface area contributed by atoms with Crippen LogP contribution in [0.2, 0.25) is 0 Å². The van der Waals surface area contributed by atoms with Gasteiger partial charge in [0.25, 0.3) is 0 Å². The van der Waals surface area contributed by atoms with E-state index in [2.05, 4.69) is 44.4 Å². The van der Waals surface area contributed by atoms with Crippen molar-refractivity contribution in [1.82, 2.24) is 10.3 Å². The molecule has 0 spiro atoms. The average molecular weight is 364 g/mol. The van der Waals surface area contributed by atoms with E-state index in [4.69, 9.17) is 16.6 Å². The predicted molar refractivity (Wildman–Crippen MR) is 107 cm³/mol. The predicted octanol–water partition coefficient (Wildman–Crippen LogP) is 3.92. The molecule has 5 nitrogen and oxygen atoms in total. The molecule has 0 radical (unpaired) electrons. The maximum absolute atomic E-state index is 5.75. The Morgan fingerprint density at radius 2 is 1.88 bits per heavy atom. The number of nitrogens with one attached hydrogen (secondary N) is 1. The zero-order valence-electron chi connectivity index (χ0n) is 14.7. The third-order valence-corrected chi connectivity index (χ3v) is 4.89. The molecule has 1 fully saturated rings. The Hall–Kier alpha value is -2.86. The van der Waals surface area contributed by atoms with E-state index in [1.54, 1.807) is 12.5 Å². The molecule has 26 heavy (non-hydrogen) atoms. The van der Waals surface area contributed by atoms with Gasteiger partial charge in [-0.15, -0.1) is 0 Å². The van der Waals surface area contributed by atoms with Crippen molar-refractivity contribution in [3.8, 4) is 0 Å². The summed E-state index contributed by atoms with van der Waals surface area (Å²) in [5.74, 6) is 0.852. The van der Waals surface area contributed by atoms with Gasteiger partial charge in [0.1, 0.15) is 11.8 Å². The van der Waals surface area contributed by atoms with Crippen LogP contribution < -0.4 is 15.1 Å². The molecule has 2 atom stereocenters. The molecule has 1 aliphatic rings. The molecule has 132 valence electrons. The molecular formula is C20H20N4OS. The molecule has 0 saturated carbocycles. The molecule has 1 aliphatic heterocycles. The highest BCUT2D eigenvalue weighted by atomic mass is 32.1. The first-order chi connectivity index (χ1) is 12.6. The van der Waals surface area contributed by atoms with E-state index in [1.165, 1.54) is 0 Å². The van der Waals surface area contributed by atoms with Crippen LogP contribution in [-0.4, -0.2) is 24.2 Å². The number of rotatable bonds is 4. The summed E-state index contributed by atoms with van der Waals surface area (Å²) >= 11 is 5.67. The van der Waals surface area contributed by atoms with Crippen molar-refractivity contribution in [3.63, 3.8) is 0 Å². The molecule has 3 heterocycles. The standard InChI is InChI=1S/C20H20N4OS/c1-23(2)14-8-10-15(11-9-14)24-19(17-7-5-13-25-17)18(22-20(24)26)16-6-3-4-12-21-16/h3-13,18-19H,1-2H3,(H,22,26). The first kappa shape index (κ1) is 16.6. The quantitative estimate of drug-likeness (QED) is 0.708. The number of furan rings is 1. The summed E-state index contributed by atoms with van der Waals surface area (Å²) < 4.78 is 5.75. The molecular weight excluding hydrogens is 344 g/mol. The molecule has 2 aromatic heterocycles. The Morgan fingerprint density at radius 3 is 2.50 bits per heavy atom. The molecule has 3 aromatic rings. The number of hydrogen-bond acceptors (Lipinski definition) is 4. The van der Waals surface area contributed by atoms with Crippen LogP contribution in [0, 0.1) is 0 Å². The Labute approximate surface area is 158 Å². The Bertz CT molecular complexity index is 878. The van der Waals surface area contributed by atoms with Gasteiger partial charge in [0.15, 0.2) is 5.11 Å². The SMILES string of the molecule is CN(C)c1ccc(N2C(=S)NC(c3ccccn3)C2c2ccco2)cc1. The molecule has 1 saturated heterocycles. The fraction of sp³-hybridized carbons (Fsp3) is 0.200.